The molecule has 1 aromatic heterocycles. The number of nitrogens with one attached hydrogen (secondary N) is 3. The average molecular weight is 789 g/mol. The number of sulfone groups is 1. The third-order valence-corrected chi connectivity index (χ3v) is 11.8. The topological polar surface area (TPSA) is 154 Å². The number of aromatic nitrogens is 2. The van der Waals surface area contributed by atoms with Crippen LogP contribution in [0, 0.1) is 0 Å². The van der Waals surface area contributed by atoms with Gasteiger partial charge in [-0.2, -0.15) is 0 Å². The van der Waals surface area contributed by atoms with Crippen molar-refractivity contribution in [3.8, 4) is 22.4 Å². The molecule has 7 rings (SSSR count). The highest BCUT2D eigenvalue weighted by Gasteiger charge is 2.37. The maximum atomic E-state index is 14.1. The lowest BCUT2D eigenvalue weighted by Gasteiger charge is -2.29. The van der Waals surface area contributed by atoms with Gasteiger partial charge in [0, 0.05) is 37.4 Å². The van der Waals surface area contributed by atoms with Gasteiger partial charge in [0.15, 0.2) is 9.84 Å². The Kier molecular flexibility index (Phi) is 11.6. The Labute approximate surface area is 333 Å². The van der Waals surface area contributed by atoms with Crippen LogP contribution < -0.4 is 10.6 Å². The zero-order valence-electron chi connectivity index (χ0n) is 32.4. The van der Waals surface area contributed by atoms with Crippen molar-refractivity contribution in [2.45, 2.75) is 57.8 Å². The molecule has 57 heavy (non-hydrogen) atoms. The summed E-state index contributed by atoms with van der Waals surface area (Å²) in [6.07, 6.45) is 2.67. The molecule has 0 saturated carbocycles. The monoisotopic (exact) mass is 788 g/mol. The van der Waals surface area contributed by atoms with Gasteiger partial charge in [-0.3, -0.25) is 14.5 Å². The van der Waals surface area contributed by atoms with Gasteiger partial charge in [0.25, 0.3) is 11.8 Å². The van der Waals surface area contributed by atoms with Gasteiger partial charge >= 0.3 is 6.09 Å². The Morgan fingerprint density at radius 2 is 1.47 bits per heavy atom. The highest BCUT2D eigenvalue weighted by molar-refractivity contribution is 7.91. The molecular weight excluding hydrogens is 741 g/mol. The number of likely N-dealkylation sites (tertiary alicyclic amines) is 1. The highest BCUT2D eigenvalue weighted by atomic mass is 32.2. The number of anilines is 1. The first-order chi connectivity index (χ1) is 27.3. The van der Waals surface area contributed by atoms with E-state index in [4.69, 9.17) is 9.72 Å². The maximum Gasteiger partial charge on any atom is 0.408 e. The van der Waals surface area contributed by atoms with Gasteiger partial charge in [-0.05, 0) is 85.7 Å². The van der Waals surface area contributed by atoms with Crippen molar-refractivity contribution >= 4 is 33.4 Å². The van der Waals surface area contributed by atoms with E-state index >= 15 is 0 Å². The van der Waals surface area contributed by atoms with Crippen molar-refractivity contribution in [1.29, 1.82) is 0 Å². The molecule has 3 heterocycles. The van der Waals surface area contributed by atoms with Crippen LogP contribution in [0.15, 0.2) is 109 Å². The van der Waals surface area contributed by atoms with Crippen LogP contribution in [0.2, 0.25) is 0 Å². The number of aromatic amines is 1. The SMILES string of the molecule is CC(C)(C)OC(=O)N[C@H](C(=O)N1CCC[C@@H]1c1ncc(-c2ccc(-c3ccc(C(=O)Nc4ccc(CN5CCS(=O)(=O)CC5)cc4)cc3)cc2)[nH]1)c1ccccc1. The molecule has 0 bridgehead atoms. The summed E-state index contributed by atoms with van der Waals surface area (Å²) in [5, 5.41) is 5.76. The summed E-state index contributed by atoms with van der Waals surface area (Å²) in [5.74, 6) is 0.643. The van der Waals surface area contributed by atoms with Gasteiger partial charge in [-0.25, -0.2) is 18.2 Å². The number of H-pyrrole nitrogens is 1. The Bertz CT molecular complexity index is 2290. The molecular formula is C44H48N6O6S. The Morgan fingerprint density at radius 3 is 2.12 bits per heavy atom. The van der Waals surface area contributed by atoms with Gasteiger partial charge < -0.3 is 25.3 Å². The molecule has 2 saturated heterocycles. The summed E-state index contributed by atoms with van der Waals surface area (Å²) < 4.78 is 28.9. The molecule has 0 unspecified atom stereocenters. The lowest BCUT2D eigenvalue weighted by Crippen LogP contribution is -2.44. The van der Waals surface area contributed by atoms with E-state index in [2.05, 4.69) is 20.5 Å². The molecule has 4 aromatic carbocycles. The number of alkyl carbamates (subject to hydrolysis) is 1. The van der Waals surface area contributed by atoms with E-state index in [9.17, 15) is 22.8 Å². The number of benzene rings is 4. The van der Waals surface area contributed by atoms with Crippen LogP contribution in [-0.4, -0.2) is 82.8 Å². The quantitative estimate of drug-likeness (QED) is 0.135. The summed E-state index contributed by atoms with van der Waals surface area (Å²) in [6.45, 7) is 7.63. The summed E-state index contributed by atoms with van der Waals surface area (Å²) in [6, 6.07) is 31.2. The van der Waals surface area contributed by atoms with E-state index in [-0.39, 0.29) is 29.4 Å². The standard InChI is InChI=1S/C44H48N6O6S/c1-44(2,3)56-43(53)48-39(34-8-5-4-6-9-34)42(52)50-23-7-10-38(50)40-45-28-37(47-40)33-17-13-31(14-18-33)32-15-19-35(20-16-32)41(51)46-36-21-11-30(12-22-36)29-49-24-26-57(54,55)27-25-49/h4-6,8-9,11-22,28,38-39H,7,10,23-27,29H2,1-3H3,(H,45,47)(H,46,51)(H,48,53)/t38-,39+/m1/s1. The van der Waals surface area contributed by atoms with Crippen molar-refractivity contribution < 1.29 is 27.5 Å². The van der Waals surface area contributed by atoms with Crippen LogP contribution in [0.3, 0.4) is 0 Å². The lowest BCUT2D eigenvalue weighted by molar-refractivity contribution is -0.134. The Morgan fingerprint density at radius 1 is 0.842 bits per heavy atom. The number of imidazole rings is 1. The number of amides is 3. The normalized spacial score (nSPS) is 17.5. The van der Waals surface area contributed by atoms with Crippen molar-refractivity contribution in [2.24, 2.45) is 0 Å². The minimum Gasteiger partial charge on any atom is -0.444 e. The van der Waals surface area contributed by atoms with E-state index in [1.54, 1.807) is 44.0 Å². The van der Waals surface area contributed by atoms with Crippen LogP contribution in [0.4, 0.5) is 10.5 Å². The van der Waals surface area contributed by atoms with E-state index in [0.717, 1.165) is 40.8 Å². The summed E-state index contributed by atoms with van der Waals surface area (Å²) in [5.41, 5.74) is 5.96. The fourth-order valence-electron chi connectivity index (χ4n) is 7.21. The number of rotatable bonds is 10. The van der Waals surface area contributed by atoms with Crippen LogP contribution in [0.25, 0.3) is 22.4 Å². The van der Waals surface area contributed by atoms with Crippen LogP contribution >= 0.6 is 0 Å². The second-order valence-electron chi connectivity index (χ2n) is 15.6. The molecule has 2 atom stereocenters. The van der Waals surface area contributed by atoms with Gasteiger partial charge in [-0.1, -0.05) is 78.9 Å². The van der Waals surface area contributed by atoms with Crippen LogP contribution in [-0.2, 0) is 25.9 Å². The van der Waals surface area contributed by atoms with Crippen molar-refractivity contribution in [3.05, 3.63) is 132 Å². The summed E-state index contributed by atoms with van der Waals surface area (Å²) in [4.78, 5) is 52.0. The minimum absolute atomic E-state index is 0.194. The first-order valence-corrected chi connectivity index (χ1v) is 21.1. The molecule has 3 amide bonds. The Hall–Kier alpha value is -5.79. The molecule has 3 N–H and O–H groups in total. The predicted molar refractivity (Wildman–Crippen MR) is 220 cm³/mol. The van der Waals surface area contributed by atoms with E-state index in [1.165, 1.54) is 0 Å². The molecule has 2 fully saturated rings. The zero-order chi connectivity index (χ0) is 40.2. The number of carbonyl (C=O) groups excluding carboxylic acids is 3. The van der Waals surface area contributed by atoms with Gasteiger partial charge in [0.1, 0.15) is 17.5 Å². The van der Waals surface area contributed by atoms with Crippen molar-refractivity contribution in [3.63, 3.8) is 0 Å². The van der Waals surface area contributed by atoms with Crippen LogP contribution in [0.5, 0.6) is 0 Å². The molecule has 2 aliphatic rings. The fraction of sp³-hybridized carbons (Fsp3) is 0.318. The van der Waals surface area contributed by atoms with Gasteiger partial charge in [-0.15, -0.1) is 0 Å². The van der Waals surface area contributed by atoms with Gasteiger partial charge in [0.05, 0.1) is 29.4 Å². The lowest BCUT2D eigenvalue weighted by atomic mass is 10.0. The molecule has 0 aliphatic carbocycles. The molecule has 12 nitrogen and oxygen atoms in total. The smallest absolute Gasteiger partial charge is 0.408 e. The van der Waals surface area contributed by atoms with Gasteiger partial charge in [0.2, 0.25) is 0 Å². The first kappa shape index (κ1) is 39.4. The van der Waals surface area contributed by atoms with E-state index in [0.29, 0.717) is 48.8 Å². The predicted octanol–water partition coefficient (Wildman–Crippen LogP) is 7.16. The first-order valence-electron chi connectivity index (χ1n) is 19.2. The third-order valence-electron chi connectivity index (χ3n) is 10.2. The second-order valence-corrected chi connectivity index (χ2v) is 17.9. The van der Waals surface area contributed by atoms with Crippen molar-refractivity contribution in [2.75, 3.05) is 36.5 Å². The second kappa shape index (κ2) is 16.7. The molecule has 13 heteroatoms. The molecule has 0 spiro atoms. The summed E-state index contributed by atoms with van der Waals surface area (Å²) >= 11 is 0. The number of hydrogen-bond donors (Lipinski definition) is 3. The van der Waals surface area contributed by atoms with E-state index in [1.807, 2.05) is 91.0 Å². The third kappa shape index (κ3) is 9.97. The molecule has 5 aromatic rings. The fourth-order valence-corrected chi connectivity index (χ4v) is 8.49. The number of hydrogen-bond acceptors (Lipinski definition) is 8. The minimum atomic E-state index is -2.92. The highest BCUT2D eigenvalue weighted by Crippen LogP contribution is 2.34. The Balaban J connectivity index is 0.964. The average Bonchev–Trinajstić information content (AvgIpc) is 3.89. The molecule has 0 radical (unpaired) electrons. The largest absolute Gasteiger partial charge is 0.444 e. The molecule has 296 valence electrons. The maximum absolute atomic E-state index is 14.1. The van der Waals surface area contributed by atoms with Crippen molar-refractivity contribution in [1.82, 2.24) is 25.1 Å². The summed E-state index contributed by atoms with van der Waals surface area (Å²) in [7, 11) is -2.92. The van der Waals surface area contributed by atoms with Crippen LogP contribution in [0.1, 0.15) is 73.0 Å². The van der Waals surface area contributed by atoms with E-state index < -0.39 is 27.6 Å². The molecule has 2 aliphatic heterocycles. The number of nitrogens with zero attached hydrogens (tertiary/aromatic N) is 3. The number of carbonyl (C=O) groups is 3. The number of ether oxygens (including phenoxy) is 1. The zero-order valence-corrected chi connectivity index (χ0v) is 33.2.